The zero-order valence-corrected chi connectivity index (χ0v) is 14.4. The minimum absolute atomic E-state index is 0.102. The van der Waals surface area contributed by atoms with Gasteiger partial charge in [0, 0.05) is 38.4 Å². The van der Waals surface area contributed by atoms with Crippen LogP contribution in [-0.2, 0) is 13.6 Å². The first-order chi connectivity index (χ1) is 12.1. The molecular weight excluding hydrogens is 316 g/mol. The molecule has 1 aliphatic heterocycles. The lowest BCUT2D eigenvalue weighted by atomic mass is 10.0. The second-order valence-electron chi connectivity index (χ2n) is 6.53. The van der Waals surface area contributed by atoms with Gasteiger partial charge in [0.25, 0.3) is 0 Å². The number of pyridine rings is 1. The fourth-order valence-corrected chi connectivity index (χ4v) is 3.18. The van der Waals surface area contributed by atoms with E-state index in [2.05, 4.69) is 39.8 Å². The Balaban J connectivity index is 1.52. The number of nitrogens with zero attached hydrogens (tertiary/aromatic N) is 2. The summed E-state index contributed by atoms with van der Waals surface area (Å²) in [6.07, 6.45) is 3.66. The molecule has 0 saturated carbocycles. The lowest BCUT2D eigenvalue weighted by molar-refractivity contribution is 0.183. The van der Waals surface area contributed by atoms with Crippen molar-refractivity contribution in [2.75, 3.05) is 18.4 Å². The smallest absolute Gasteiger partial charge is 0.319 e. The van der Waals surface area contributed by atoms with Crippen molar-refractivity contribution in [2.45, 2.75) is 25.4 Å². The van der Waals surface area contributed by atoms with Crippen LogP contribution in [0, 0.1) is 0 Å². The number of benzene rings is 1. The number of urea groups is 1. The summed E-state index contributed by atoms with van der Waals surface area (Å²) in [6, 6.07) is 13.3. The lowest BCUT2D eigenvalue weighted by Gasteiger charge is -2.33. The Morgan fingerprint density at radius 1 is 1.20 bits per heavy atom. The van der Waals surface area contributed by atoms with Gasteiger partial charge in [-0.1, -0.05) is 30.3 Å². The fourth-order valence-electron chi connectivity index (χ4n) is 3.18. The summed E-state index contributed by atoms with van der Waals surface area (Å²) in [7, 11) is 1.66. The third kappa shape index (κ3) is 4.93. The van der Waals surface area contributed by atoms with Gasteiger partial charge < -0.3 is 15.2 Å². The molecule has 0 unspecified atom stereocenters. The maximum absolute atomic E-state index is 12.2. The molecule has 2 heterocycles. The molecule has 6 nitrogen and oxygen atoms in total. The van der Waals surface area contributed by atoms with Crippen LogP contribution in [0.5, 0.6) is 0 Å². The van der Waals surface area contributed by atoms with E-state index in [1.165, 1.54) is 16.2 Å². The first kappa shape index (κ1) is 17.2. The second kappa shape index (κ2) is 7.98. The van der Waals surface area contributed by atoms with Gasteiger partial charge in [0.1, 0.15) is 0 Å². The van der Waals surface area contributed by atoms with Crippen molar-refractivity contribution in [1.29, 1.82) is 0 Å². The average Bonchev–Trinajstić information content (AvgIpc) is 2.59. The molecule has 0 radical (unpaired) electrons. The van der Waals surface area contributed by atoms with E-state index in [0.717, 1.165) is 32.5 Å². The van der Waals surface area contributed by atoms with Gasteiger partial charge in [-0.25, -0.2) is 4.79 Å². The number of likely N-dealkylation sites (tertiary alicyclic amines) is 1. The number of carbonyl (C=O) groups is 1. The summed E-state index contributed by atoms with van der Waals surface area (Å²) in [5, 5.41) is 5.83. The van der Waals surface area contributed by atoms with Gasteiger partial charge >= 0.3 is 6.03 Å². The predicted octanol–water partition coefficient (Wildman–Crippen LogP) is 2.17. The molecule has 1 aromatic carbocycles. The molecule has 25 heavy (non-hydrogen) atoms. The number of hydrogen-bond donors (Lipinski definition) is 2. The van der Waals surface area contributed by atoms with Gasteiger partial charge in [0.05, 0.1) is 5.69 Å². The van der Waals surface area contributed by atoms with Crippen LogP contribution in [0.2, 0.25) is 0 Å². The Morgan fingerprint density at radius 2 is 2.00 bits per heavy atom. The van der Waals surface area contributed by atoms with E-state index in [9.17, 15) is 9.59 Å². The number of rotatable bonds is 4. The molecule has 1 atom stereocenters. The molecule has 2 amide bonds. The summed E-state index contributed by atoms with van der Waals surface area (Å²) < 4.78 is 1.44. The standard InChI is InChI=1S/C19H24N4O2/c1-22-13-17(9-10-18(22)24)21-19(25)20-16-8-5-11-23(14-16)12-15-6-3-2-4-7-15/h2-4,6-7,9-10,13,16H,5,8,11-12,14H2,1H3,(H2,20,21,25)/t16-/m0/s1. The van der Waals surface area contributed by atoms with Gasteiger partial charge in [-0.15, -0.1) is 0 Å². The van der Waals surface area contributed by atoms with Crippen LogP contribution in [0.3, 0.4) is 0 Å². The van der Waals surface area contributed by atoms with E-state index in [1.807, 2.05) is 6.07 Å². The maximum Gasteiger partial charge on any atom is 0.319 e. The number of anilines is 1. The highest BCUT2D eigenvalue weighted by Crippen LogP contribution is 2.14. The van der Waals surface area contributed by atoms with Gasteiger partial charge in [0.2, 0.25) is 5.56 Å². The second-order valence-corrected chi connectivity index (χ2v) is 6.53. The number of hydrogen-bond acceptors (Lipinski definition) is 3. The van der Waals surface area contributed by atoms with Crippen molar-refractivity contribution in [3.8, 4) is 0 Å². The molecule has 1 aromatic heterocycles. The van der Waals surface area contributed by atoms with Crippen molar-refractivity contribution in [1.82, 2.24) is 14.8 Å². The Hall–Kier alpha value is -2.60. The highest BCUT2D eigenvalue weighted by atomic mass is 16.2. The molecule has 6 heteroatoms. The van der Waals surface area contributed by atoms with E-state index in [1.54, 1.807) is 19.3 Å². The van der Waals surface area contributed by atoms with Crippen LogP contribution in [0.15, 0.2) is 53.5 Å². The van der Waals surface area contributed by atoms with Crippen molar-refractivity contribution in [3.63, 3.8) is 0 Å². The highest BCUT2D eigenvalue weighted by Gasteiger charge is 2.21. The quantitative estimate of drug-likeness (QED) is 0.896. The number of aromatic nitrogens is 1. The van der Waals surface area contributed by atoms with Crippen molar-refractivity contribution in [2.24, 2.45) is 7.05 Å². The maximum atomic E-state index is 12.2. The summed E-state index contributed by atoms with van der Waals surface area (Å²) in [5.74, 6) is 0. The van der Waals surface area contributed by atoms with Gasteiger partial charge in [-0.2, -0.15) is 0 Å². The SMILES string of the molecule is Cn1cc(NC(=O)N[C@H]2CCCN(Cc3ccccc3)C2)ccc1=O. The molecule has 0 bridgehead atoms. The fraction of sp³-hybridized carbons (Fsp3) is 0.368. The van der Waals surface area contributed by atoms with Crippen molar-refractivity contribution in [3.05, 3.63) is 64.6 Å². The van der Waals surface area contributed by atoms with Crippen LogP contribution in [-0.4, -0.2) is 34.6 Å². The van der Waals surface area contributed by atoms with Crippen molar-refractivity contribution < 1.29 is 4.79 Å². The number of aryl methyl sites for hydroxylation is 1. The van der Waals surface area contributed by atoms with Gasteiger partial charge in [-0.3, -0.25) is 9.69 Å². The molecule has 3 rings (SSSR count). The van der Waals surface area contributed by atoms with Gasteiger partial charge in [0.15, 0.2) is 0 Å². The molecule has 1 saturated heterocycles. The van der Waals surface area contributed by atoms with E-state index in [0.29, 0.717) is 5.69 Å². The summed E-state index contributed by atoms with van der Waals surface area (Å²) in [6.45, 7) is 2.80. The predicted molar refractivity (Wildman–Crippen MR) is 98.6 cm³/mol. The highest BCUT2D eigenvalue weighted by molar-refractivity contribution is 5.89. The number of nitrogens with one attached hydrogen (secondary N) is 2. The Kier molecular flexibility index (Phi) is 5.50. The third-order valence-electron chi connectivity index (χ3n) is 4.43. The molecule has 0 spiro atoms. The average molecular weight is 340 g/mol. The van der Waals surface area contributed by atoms with E-state index >= 15 is 0 Å². The van der Waals surface area contributed by atoms with E-state index in [-0.39, 0.29) is 17.6 Å². The zero-order valence-electron chi connectivity index (χ0n) is 14.4. The Morgan fingerprint density at radius 3 is 2.76 bits per heavy atom. The van der Waals surface area contributed by atoms with Crippen LogP contribution in [0.1, 0.15) is 18.4 Å². The van der Waals surface area contributed by atoms with E-state index < -0.39 is 0 Å². The molecule has 2 aromatic rings. The summed E-state index contributed by atoms with van der Waals surface area (Å²) >= 11 is 0. The van der Waals surface area contributed by atoms with Crippen LogP contribution >= 0.6 is 0 Å². The molecule has 0 aliphatic carbocycles. The minimum Gasteiger partial charge on any atom is -0.334 e. The number of piperidine rings is 1. The largest absolute Gasteiger partial charge is 0.334 e. The molecular formula is C19H24N4O2. The monoisotopic (exact) mass is 340 g/mol. The van der Waals surface area contributed by atoms with Crippen LogP contribution in [0.25, 0.3) is 0 Å². The van der Waals surface area contributed by atoms with Crippen LogP contribution < -0.4 is 16.2 Å². The summed E-state index contributed by atoms with van der Waals surface area (Å²) in [4.78, 5) is 26.0. The molecule has 132 valence electrons. The number of amides is 2. The van der Waals surface area contributed by atoms with Gasteiger partial charge in [-0.05, 0) is 31.0 Å². The minimum atomic E-state index is -0.231. The lowest BCUT2D eigenvalue weighted by Crippen LogP contribution is -2.48. The van der Waals surface area contributed by atoms with Crippen LogP contribution in [0.4, 0.5) is 10.5 Å². The summed E-state index contributed by atoms with van der Waals surface area (Å²) in [5.41, 5.74) is 1.80. The zero-order chi connectivity index (χ0) is 17.6. The van der Waals surface area contributed by atoms with Crippen molar-refractivity contribution >= 4 is 11.7 Å². The first-order valence-corrected chi connectivity index (χ1v) is 8.60. The Labute approximate surface area is 147 Å². The molecule has 1 aliphatic rings. The Bertz CT molecular complexity index is 772. The number of carbonyl (C=O) groups excluding carboxylic acids is 1. The molecule has 1 fully saturated rings. The van der Waals surface area contributed by atoms with E-state index in [4.69, 9.17) is 0 Å². The topological polar surface area (TPSA) is 66.4 Å². The first-order valence-electron chi connectivity index (χ1n) is 8.60. The normalized spacial score (nSPS) is 17.9. The molecule has 2 N–H and O–H groups in total. The third-order valence-corrected chi connectivity index (χ3v) is 4.43.